The van der Waals surface area contributed by atoms with Crippen molar-refractivity contribution in [1.82, 2.24) is 19.9 Å². The quantitative estimate of drug-likeness (QED) is 0.0876. The van der Waals surface area contributed by atoms with Crippen LogP contribution in [0.1, 0.15) is 21.6 Å². The molecule has 0 spiro atoms. The minimum atomic E-state index is -1.33. The number of halogens is 4. The van der Waals surface area contributed by atoms with Gasteiger partial charge in [0.1, 0.15) is 11.3 Å². The Morgan fingerprint density at radius 2 is 1.26 bits per heavy atom. The second-order valence-electron chi connectivity index (χ2n) is 9.30. The van der Waals surface area contributed by atoms with Crippen molar-refractivity contribution in [2.75, 3.05) is 41.0 Å². The van der Waals surface area contributed by atoms with Crippen molar-refractivity contribution < 1.29 is 50.8 Å². The molecule has 3 heterocycles. The van der Waals surface area contributed by atoms with Gasteiger partial charge in [-0.15, -0.1) is 0 Å². The summed E-state index contributed by atoms with van der Waals surface area (Å²) in [5.74, 6) is -2.04. The van der Waals surface area contributed by atoms with Gasteiger partial charge in [0, 0.05) is 29.9 Å². The lowest BCUT2D eigenvalue weighted by molar-refractivity contribution is 0.0689. The molecule has 5 aromatic rings. The lowest BCUT2D eigenvalue weighted by atomic mass is 10.1. The van der Waals surface area contributed by atoms with Crippen LogP contribution in [0.25, 0.3) is 22.2 Å². The molecule has 12 nitrogen and oxygen atoms in total. The van der Waals surface area contributed by atoms with Crippen LogP contribution in [0.15, 0.2) is 50.1 Å². The van der Waals surface area contributed by atoms with E-state index < -0.39 is 46.0 Å². The molecule has 0 saturated heterocycles. The van der Waals surface area contributed by atoms with Crippen molar-refractivity contribution >= 4 is 40.4 Å². The number of aromatic carboxylic acids is 1. The van der Waals surface area contributed by atoms with Crippen molar-refractivity contribution in [2.24, 2.45) is 0 Å². The molecule has 0 atom stereocenters. The Labute approximate surface area is 289 Å². The molecule has 0 unspecified atom stereocenters. The highest BCUT2D eigenvalue weighted by Crippen LogP contribution is 2.38. The average Bonchev–Trinajstić information content (AvgIpc) is 3.12. The van der Waals surface area contributed by atoms with Crippen LogP contribution in [0, 0.1) is 35.1 Å². The zero-order valence-corrected chi connectivity index (χ0v) is 28.4. The third-order valence-electron chi connectivity index (χ3n) is 6.53. The van der Waals surface area contributed by atoms with Gasteiger partial charge in [-0.1, -0.05) is 35.4 Å². The van der Waals surface area contributed by atoms with Crippen LogP contribution < -0.4 is 24.6 Å². The summed E-state index contributed by atoms with van der Waals surface area (Å²) >= 11 is 2.40. The maximum atomic E-state index is 14.6. The lowest BCUT2D eigenvalue weighted by Crippen LogP contribution is -2.06. The Morgan fingerprint density at radius 1 is 0.760 bits per heavy atom. The van der Waals surface area contributed by atoms with E-state index >= 15 is 0 Å². The van der Waals surface area contributed by atoms with E-state index in [1.54, 1.807) is 12.5 Å². The molecule has 0 radical (unpaired) electrons. The third-order valence-corrected chi connectivity index (χ3v) is 7.65. The summed E-state index contributed by atoms with van der Waals surface area (Å²) in [6, 6.07) is 3.41. The van der Waals surface area contributed by atoms with Crippen molar-refractivity contribution in [3.05, 3.63) is 81.1 Å². The van der Waals surface area contributed by atoms with Gasteiger partial charge in [-0.3, -0.25) is 0 Å². The largest absolute Gasteiger partial charge is 0.494 e. The number of carboxylic acids is 1. The Bertz CT molecular complexity index is 2170. The lowest BCUT2D eigenvalue weighted by Gasteiger charge is -2.12. The monoisotopic (exact) mass is 732 g/mol. The molecule has 3 aromatic heterocycles. The Balaban J connectivity index is 0.000000225. The Hall–Kier alpha value is -5.54. The number of hydrogen-bond donors (Lipinski definition) is 1. The Morgan fingerprint density at radius 3 is 1.76 bits per heavy atom. The van der Waals surface area contributed by atoms with Gasteiger partial charge < -0.3 is 28.5 Å². The second-order valence-corrected chi connectivity index (χ2v) is 10.8. The summed E-state index contributed by atoms with van der Waals surface area (Å²) in [6.45, 7) is 0. The van der Waals surface area contributed by atoms with Crippen molar-refractivity contribution in [3.8, 4) is 46.2 Å². The summed E-state index contributed by atoms with van der Waals surface area (Å²) < 4.78 is 82.1. The molecular formula is C32H24F4N4O8S2. The smallest absolute Gasteiger partial charge is 0.363 e. The number of methoxy groups -OCH3 is 4. The number of fused-ring (bicyclic) bond motifs is 1. The number of hydrogen-bond acceptors (Lipinski definition) is 13. The van der Waals surface area contributed by atoms with Crippen molar-refractivity contribution in [2.45, 2.75) is 10.3 Å². The topological polar surface area (TPSA) is 156 Å². The fourth-order valence-corrected chi connectivity index (χ4v) is 4.81. The molecule has 50 heavy (non-hydrogen) atoms. The van der Waals surface area contributed by atoms with E-state index in [0.717, 1.165) is 23.9 Å². The maximum absolute atomic E-state index is 14.6. The van der Waals surface area contributed by atoms with E-state index in [4.69, 9.17) is 23.4 Å². The first-order chi connectivity index (χ1) is 23.9. The van der Waals surface area contributed by atoms with Crippen LogP contribution in [0.4, 0.5) is 17.6 Å². The molecule has 0 aliphatic heterocycles. The molecule has 1 N–H and O–H groups in total. The number of carbonyl (C=O) groups is 1. The van der Waals surface area contributed by atoms with Crippen LogP contribution in [0.3, 0.4) is 0 Å². The molecule has 5 rings (SSSR count). The third kappa shape index (κ3) is 7.68. The zero-order chi connectivity index (χ0) is 36.7. The van der Waals surface area contributed by atoms with E-state index in [2.05, 4.69) is 31.8 Å². The molecule has 18 heteroatoms. The summed E-state index contributed by atoms with van der Waals surface area (Å²) in [6.07, 6.45) is 6.01. The normalized spacial score (nSPS) is 10.4. The van der Waals surface area contributed by atoms with Gasteiger partial charge in [-0.2, -0.15) is 0 Å². The molecule has 0 bridgehead atoms. The number of ether oxygens (including phenoxy) is 4. The predicted octanol–water partition coefficient (Wildman–Crippen LogP) is 5.86. The van der Waals surface area contributed by atoms with E-state index in [-0.39, 0.29) is 50.7 Å². The average molecular weight is 733 g/mol. The van der Waals surface area contributed by atoms with Gasteiger partial charge in [0.2, 0.25) is 0 Å². The predicted molar refractivity (Wildman–Crippen MR) is 175 cm³/mol. The van der Waals surface area contributed by atoms with Crippen molar-refractivity contribution in [1.29, 1.82) is 0 Å². The van der Waals surface area contributed by atoms with Crippen LogP contribution in [-0.2, 0) is 0 Å². The minimum absolute atomic E-state index is 0.0266. The van der Waals surface area contributed by atoms with E-state index in [9.17, 15) is 32.3 Å². The van der Waals surface area contributed by atoms with Crippen LogP contribution >= 0.6 is 23.5 Å². The standard InChI is InChI=1S/2C16H12F2N2O4S/c1-22-9-5-10(23-2)13(18)11(12(9)17)8-4-7-6-19-16(25-3)20-14(7)15(21)24-8;1-23-10-6-11(24-2)13(18)9(12(10)17)5-4-8-7-19-16(25-3)20-14(8)15(21)22/h4-6H,1-3H3;6-7H,1-3H3,(H,21,22). The van der Waals surface area contributed by atoms with Gasteiger partial charge in [0.25, 0.3) is 0 Å². The van der Waals surface area contributed by atoms with Crippen LogP contribution in [0.2, 0.25) is 0 Å². The SMILES string of the molecule is COc1cc(OC)c(F)c(-c2cc3cnc(SC)nc3c(=O)o2)c1F.COc1cc(OC)c(F)c(C#Cc2cnc(SC)nc2C(=O)O)c1F. The molecule has 0 fully saturated rings. The number of carboxylic acid groups (broad SMARTS) is 1. The molecule has 0 aliphatic carbocycles. The van der Waals surface area contributed by atoms with E-state index in [0.29, 0.717) is 10.5 Å². The number of rotatable bonds is 8. The Kier molecular flexibility index (Phi) is 12.1. The molecule has 0 saturated carbocycles. The minimum Gasteiger partial charge on any atom is -0.494 e. The highest BCUT2D eigenvalue weighted by Gasteiger charge is 2.24. The van der Waals surface area contributed by atoms with E-state index in [1.807, 2.05) is 0 Å². The first kappa shape index (κ1) is 37.3. The van der Waals surface area contributed by atoms with Gasteiger partial charge in [0.15, 0.2) is 67.8 Å². The first-order valence-corrected chi connectivity index (χ1v) is 16.1. The molecular weight excluding hydrogens is 708 g/mol. The number of thioether (sulfide) groups is 2. The number of aromatic nitrogens is 4. The maximum Gasteiger partial charge on any atom is 0.363 e. The van der Waals surface area contributed by atoms with Crippen LogP contribution in [0.5, 0.6) is 23.0 Å². The van der Waals surface area contributed by atoms with Gasteiger partial charge >= 0.3 is 11.6 Å². The highest BCUT2D eigenvalue weighted by molar-refractivity contribution is 7.98. The second kappa shape index (κ2) is 16.2. The summed E-state index contributed by atoms with van der Waals surface area (Å²) in [7, 11) is 4.89. The highest BCUT2D eigenvalue weighted by atomic mass is 32.2. The zero-order valence-electron chi connectivity index (χ0n) is 26.8. The molecule has 0 aliphatic rings. The van der Waals surface area contributed by atoms with Gasteiger partial charge in [-0.25, -0.2) is 47.1 Å². The van der Waals surface area contributed by atoms with Gasteiger partial charge in [0.05, 0.1) is 39.6 Å². The molecule has 2 aromatic carbocycles. The van der Waals surface area contributed by atoms with Crippen LogP contribution in [-0.4, -0.2) is 72.0 Å². The first-order valence-electron chi connectivity index (χ1n) is 13.6. The molecule has 0 amide bonds. The fourth-order valence-electron chi connectivity index (χ4n) is 4.13. The summed E-state index contributed by atoms with van der Waals surface area (Å²) in [4.78, 5) is 39.3. The number of benzene rings is 2. The summed E-state index contributed by atoms with van der Waals surface area (Å²) in [5.41, 5.74) is -2.41. The van der Waals surface area contributed by atoms with E-state index in [1.165, 1.54) is 58.7 Å². The number of nitrogens with zero attached hydrogens (tertiary/aromatic N) is 4. The van der Waals surface area contributed by atoms with Crippen molar-refractivity contribution in [3.63, 3.8) is 0 Å². The van der Waals surface area contributed by atoms with Gasteiger partial charge in [-0.05, 0) is 18.6 Å². The fraction of sp³-hybridized carbons (Fsp3) is 0.188. The summed E-state index contributed by atoms with van der Waals surface area (Å²) in [5, 5.41) is 10.1. The molecule has 260 valence electrons.